The molecule has 11 aromatic carbocycles. The van der Waals surface area contributed by atoms with Crippen LogP contribution in [0.5, 0.6) is 0 Å². The third kappa shape index (κ3) is 19.7. The molecule has 15 rings (SSSR count). The predicted molar refractivity (Wildman–Crippen MR) is 492 cm³/mol. The monoisotopic (exact) mass is 1550 g/mol. The molecule has 4 heterocycles. The van der Waals surface area contributed by atoms with Crippen molar-refractivity contribution in [2.45, 2.75) is 155 Å². The Hall–Kier alpha value is -10.7. The van der Waals surface area contributed by atoms with Crippen LogP contribution >= 0.6 is 46.1 Å². The number of fused-ring (bicyclic) bond motifs is 2. The molecule has 113 heavy (non-hydrogen) atoms. The van der Waals surface area contributed by atoms with E-state index in [9.17, 15) is 0 Å². The highest BCUT2D eigenvalue weighted by atomic mass is 32.1. The summed E-state index contributed by atoms with van der Waals surface area (Å²) in [4.78, 5) is 12.1. The summed E-state index contributed by atoms with van der Waals surface area (Å²) in [6, 6.07) is 103. The lowest BCUT2D eigenvalue weighted by Gasteiger charge is -2.25. The van der Waals surface area contributed by atoms with Crippen molar-refractivity contribution in [3.05, 3.63) is 318 Å². The van der Waals surface area contributed by atoms with Gasteiger partial charge < -0.3 is 14.7 Å². The van der Waals surface area contributed by atoms with Crippen molar-refractivity contribution in [1.29, 1.82) is 0 Å². The van der Waals surface area contributed by atoms with Crippen LogP contribution in [-0.4, -0.2) is 17.5 Å². The fourth-order valence-corrected chi connectivity index (χ4v) is 19.3. The van der Waals surface area contributed by atoms with Crippen LogP contribution < -0.4 is 14.7 Å². The van der Waals surface area contributed by atoms with Crippen LogP contribution in [0.15, 0.2) is 285 Å². The smallest absolute Gasteiger partial charge is 0.114 e. The zero-order valence-corrected chi connectivity index (χ0v) is 68.5. The van der Waals surface area contributed by atoms with Crippen LogP contribution in [0.1, 0.15) is 176 Å². The minimum absolute atomic E-state index is 0.929. The largest absolute Gasteiger partial charge is 0.311 e. The average molecular weight is 1550 g/mol. The number of hydrogen-bond acceptors (Lipinski definition) is 11. The molecule has 568 valence electrons. The summed E-state index contributed by atoms with van der Waals surface area (Å²) in [5.41, 5.74) is 25.7. The summed E-state index contributed by atoms with van der Waals surface area (Å²) >= 11 is 6.36. The molecule has 0 saturated heterocycles. The fraction of sp³-hybridized carbons (Fsp3) is 0.235. The Morgan fingerprint density at radius 2 is 0.522 bits per heavy atom. The van der Waals surface area contributed by atoms with Gasteiger partial charge in [0.1, 0.15) is 22.1 Å². The summed E-state index contributed by atoms with van der Waals surface area (Å²) in [7, 11) is 0. The minimum atomic E-state index is 0.929. The first kappa shape index (κ1) is 77.7. The molecular formula is C102H101N7S4. The van der Waals surface area contributed by atoms with E-state index in [0.717, 1.165) is 119 Å². The van der Waals surface area contributed by atoms with Crippen molar-refractivity contribution in [3.63, 3.8) is 0 Å². The number of aryl methyl sites for hydroxylation is 2. The topological polar surface area (TPSA) is 61.3 Å². The maximum Gasteiger partial charge on any atom is 0.114 e. The lowest BCUT2D eigenvalue weighted by atomic mass is 10.0. The van der Waals surface area contributed by atoms with Gasteiger partial charge in [0, 0.05) is 92.9 Å². The molecular weight excluding hydrogens is 1450 g/mol. The van der Waals surface area contributed by atoms with Gasteiger partial charge in [-0.1, -0.05) is 318 Å². The highest BCUT2D eigenvalue weighted by Gasteiger charge is 2.23. The van der Waals surface area contributed by atoms with E-state index < -0.39 is 0 Å². The number of nitrogens with zero attached hydrogens (tertiary/aromatic N) is 7. The molecule has 0 fully saturated rings. The van der Waals surface area contributed by atoms with E-state index in [0.29, 0.717) is 0 Å². The van der Waals surface area contributed by atoms with E-state index in [1.165, 1.54) is 194 Å². The first-order chi connectivity index (χ1) is 56.0. The second-order valence-corrected chi connectivity index (χ2v) is 32.9. The van der Waals surface area contributed by atoms with Crippen molar-refractivity contribution in [3.8, 4) is 41.8 Å². The maximum atomic E-state index is 5.00. The lowest BCUT2D eigenvalue weighted by Crippen LogP contribution is -2.09. The summed E-state index contributed by atoms with van der Waals surface area (Å²) in [6.45, 7) is 4.60. The summed E-state index contributed by atoms with van der Waals surface area (Å²) < 4.78 is 19.9. The Balaban J connectivity index is 0.639. The van der Waals surface area contributed by atoms with E-state index in [4.69, 9.17) is 17.5 Å². The van der Waals surface area contributed by atoms with Crippen LogP contribution in [0.25, 0.3) is 88.1 Å². The Labute approximate surface area is 686 Å². The Morgan fingerprint density at radius 3 is 0.823 bits per heavy atom. The maximum absolute atomic E-state index is 5.00. The quantitative estimate of drug-likeness (QED) is 0.0281. The summed E-state index contributed by atoms with van der Waals surface area (Å²) in [5, 5.41) is 0. The minimum Gasteiger partial charge on any atom is -0.311 e. The molecule has 0 radical (unpaired) electrons. The van der Waals surface area contributed by atoms with E-state index in [1.807, 2.05) is 22.7 Å². The Bertz CT molecular complexity index is 5080. The number of rotatable bonds is 39. The zero-order valence-electron chi connectivity index (χ0n) is 65.3. The van der Waals surface area contributed by atoms with Crippen LogP contribution in [-0.2, 0) is 12.8 Å². The van der Waals surface area contributed by atoms with Crippen molar-refractivity contribution >= 4 is 144 Å². The predicted octanol–water partition coefficient (Wildman–Crippen LogP) is 32.2. The van der Waals surface area contributed by atoms with Gasteiger partial charge in [-0.3, -0.25) is 0 Å². The Morgan fingerprint density at radius 1 is 0.257 bits per heavy atom. The van der Waals surface area contributed by atoms with E-state index in [-0.39, 0.29) is 0 Å². The molecule has 0 aliphatic rings. The van der Waals surface area contributed by atoms with Crippen molar-refractivity contribution in [2.24, 2.45) is 0 Å². The normalized spacial score (nSPS) is 11.6. The number of benzene rings is 11. The van der Waals surface area contributed by atoms with Crippen LogP contribution in [0.3, 0.4) is 0 Å². The molecule has 4 aromatic heterocycles. The first-order valence-corrected chi connectivity index (χ1v) is 44.3. The van der Waals surface area contributed by atoms with Gasteiger partial charge in [-0.15, -0.1) is 22.7 Å². The third-order valence-corrected chi connectivity index (χ3v) is 25.3. The molecule has 0 amide bonds. The molecule has 11 heteroatoms. The number of para-hydroxylation sites is 5. The van der Waals surface area contributed by atoms with E-state index >= 15 is 0 Å². The standard InChI is InChI=1S/C102H101N7S4/c1-3-5-7-9-11-13-15-17-19-26-38-82-74-95(110-101(82)80-58-68-91(69-59-80)107(84-40-28-21-29-41-84)85-42-30-22-31-43-85)93-72-62-78(97-99(93)105-112-103-97)56-50-76-52-64-89(65-53-76)109(88-48-36-25-37-49-88)90-66-54-77(55-67-90)51-57-79-63-73-94(100-98(79)104-113-106-100)96-75-83(39-27-20-18-16-14-12-10-8-6-4-2)102(111-96)81-60-70-92(71-61-81)108(86-44-32-23-33-45-86)87-46-34-24-35-47-87/h21-25,28-37,40-75H,3-20,26-27,38-39H2,1-2H3/b56-50+,57-51+. The molecule has 0 aliphatic carbocycles. The van der Waals surface area contributed by atoms with Gasteiger partial charge in [0.25, 0.3) is 0 Å². The number of aromatic nitrogens is 4. The molecule has 0 saturated carbocycles. The van der Waals surface area contributed by atoms with Crippen LogP contribution in [0, 0.1) is 0 Å². The van der Waals surface area contributed by atoms with Gasteiger partial charge in [0.05, 0.1) is 23.5 Å². The Kier molecular flexibility index (Phi) is 27.3. The third-order valence-electron chi connectivity index (χ3n) is 21.7. The van der Waals surface area contributed by atoms with Crippen molar-refractivity contribution in [2.75, 3.05) is 14.7 Å². The fourth-order valence-electron chi connectivity index (χ4n) is 15.6. The molecule has 0 bridgehead atoms. The number of hydrogen-bond donors (Lipinski definition) is 0. The summed E-state index contributed by atoms with van der Waals surface area (Å²) in [5.74, 6) is 0. The van der Waals surface area contributed by atoms with Crippen LogP contribution in [0.4, 0.5) is 51.2 Å². The molecule has 0 unspecified atom stereocenters. The molecule has 0 aliphatic heterocycles. The van der Waals surface area contributed by atoms with Gasteiger partial charge in [-0.2, -0.15) is 17.5 Å². The molecule has 0 N–H and O–H groups in total. The SMILES string of the molecule is CCCCCCCCCCCCc1cc(-c2ccc(/C=C/c3ccc(N(c4ccccc4)c4ccc(/C=C/c5ccc(-c6cc(CCCCCCCCCCCC)c(-c7ccc(N(c8ccccc8)c8ccccc8)cc7)s6)c6nsnc56)cc4)cc3)c3nsnc23)sc1-c1ccc(N(c2ccccc2)c2ccccc2)cc1. The van der Waals surface area contributed by atoms with Crippen molar-refractivity contribution in [1.82, 2.24) is 17.5 Å². The van der Waals surface area contributed by atoms with E-state index in [2.05, 4.69) is 338 Å². The zero-order chi connectivity index (χ0) is 76.6. The first-order valence-electron chi connectivity index (χ1n) is 41.2. The van der Waals surface area contributed by atoms with E-state index in [1.54, 1.807) is 0 Å². The number of thiophene rings is 2. The highest BCUT2D eigenvalue weighted by molar-refractivity contribution is 7.19. The summed E-state index contributed by atoms with van der Waals surface area (Å²) in [6.07, 6.45) is 37.3. The highest BCUT2D eigenvalue weighted by Crippen LogP contribution is 2.47. The molecule has 15 aromatic rings. The van der Waals surface area contributed by atoms with Crippen molar-refractivity contribution < 1.29 is 0 Å². The number of unbranched alkanes of at least 4 members (excludes halogenated alkanes) is 18. The molecule has 0 atom stereocenters. The molecule has 7 nitrogen and oxygen atoms in total. The van der Waals surface area contributed by atoms with Gasteiger partial charge in [0.15, 0.2) is 0 Å². The number of anilines is 9. The van der Waals surface area contributed by atoms with Gasteiger partial charge >= 0.3 is 0 Å². The second kappa shape index (κ2) is 39.7. The van der Waals surface area contributed by atoms with Gasteiger partial charge in [0.2, 0.25) is 0 Å². The second-order valence-electron chi connectivity index (χ2n) is 29.7. The lowest BCUT2D eigenvalue weighted by molar-refractivity contribution is 0.556. The van der Waals surface area contributed by atoms with Gasteiger partial charge in [-0.25, -0.2) is 0 Å². The molecule has 0 spiro atoms. The average Bonchev–Trinajstić information content (AvgIpc) is 1.68. The van der Waals surface area contributed by atoms with Gasteiger partial charge in [-0.05, 0) is 180 Å². The van der Waals surface area contributed by atoms with Crippen LogP contribution in [0.2, 0.25) is 0 Å².